The zero-order valence-corrected chi connectivity index (χ0v) is 17.3. The van der Waals surface area contributed by atoms with E-state index >= 15 is 0 Å². The maximum Gasteiger partial charge on any atom is 0.259 e. The van der Waals surface area contributed by atoms with Crippen molar-refractivity contribution >= 4 is 46.0 Å². The van der Waals surface area contributed by atoms with Gasteiger partial charge in [-0.15, -0.1) is 0 Å². The fourth-order valence-corrected chi connectivity index (χ4v) is 4.17. The van der Waals surface area contributed by atoms with Crippen LogP contribution in [0.25, 0.3) is 0 Å². The molecule has 0 aliphatic carbocycles. The third-order valence-electron chi connectivity index (χ3n) is 4.82. The number of nitrogens with one attached hydrogen (secondary N) is 1. The molecule has 2 amide bonds. The lowest BCUT2D eigenvalue weighted by Gasteiger charge is -2.27. The number of fused-ring (bicyclic) bond motifs is 3. The lowest BCUT2D eigenvalue weighted by Crippen LogP contribution is -2.43. The Morgan fingerprint density at radius 2 is 1.76 bits per heavy atom. The van der Waals surface area contributed by atoms with Crippen LogP contribution < -0.4 is 5.32 Å². The normalized spacial score (nSPS) is 18.7. The van der Waals surface area contributed by atoms with Gasteiger partial charge in [-0.2, -0.15) is 0 Å². The van der Waals surface area contributed by atoms with Crippen LogP contribution in [0.5, 0.6) is 0 Å². The second kappa shape index (κ2) is 7.83. The average Bonchev–Trinajstić information content (AvgIpc) is 3.07. The van der Waals surface area contributed by atoms with Gasteiger partial charge < -0.3 is 5.32 Å². The smallest absolute Gasteiger partial charge is 0.259 e. The lowest BCUT2D eigenvalue weighted by molar-refractivity contribution is -0.125. The maximum atomic E-state index is 13.1. The summed E-state index contributed by atoms with van der Waals surface area (Å²) >= 11 is 1.27. The van der Waals surface area contributed by atoms with Gasteiger partial charge in [-0.3, -0.25) is 14.6 Å². The molecule has 0 saturated carbocycles. The van der Waals surface area contributed by atoms with Crippen molar-refractivity contribution in [3.8, 4) is 0 Å². The molecule has 2 aliphatic heterocycles. The summed E-state index contributed by atoms with van der Waals surface area (Å²) in [5.41, 5.74) is 2.34. The summed E-state index contributed by atoms with van der Waals surface area (Å²) in [5.74, 6) is 0.468. The summed E-state index contributed by atoms with van der Waals surface area (Å²) < 4.78 is 0. The molecule has 29 heavy (non-hydrogen) atoms. The number of thioether (sulfide) groups is 1. The molecule has 2 aliphatic rings. The van der Waals surface area contributed by atoms with Crippen molar-refractivity contribution in [2.75, 3.05) is 5.32 Å². The Morgan fingerprint density at radius 3 is 2.48 bits per heavy atom. The van der Waals surface area contributed by atoms with Crippen LogP contribution in [0.2, 0.25) is 0 Å². The van der Waals surface area contributed by atoms with Gasteiger partial charge in [0, 0.05) is 11.3 Å². The van der Waals surface area contributed by atoms with Crippen molar-refractivity contribution in [3.05, 3.63) is 60.2 Å². The standard InChI is InChI=1S/C22H22N4O2S/c1-13(2)18-21(28)26-19(25-18)16-11-7-8-12-17(16)24-22(26)29-14(3)20(27)23-15-9-5-4-6-10-15/h4-14,18H,1-3H3,(H,23,27)/t14-,18+/m1/s1. The fourth-order valence-electron chi connectivity index (χ4n) is 3.26. The predicted octanol–water partition coefficient (Wildman–Crippen LogP) is 4.06. The van der Waals surface area contributed by atoms with E-state index in [1.54, 1.807) is 4.90 Å². The van der Waals surface area contributed by atoms with Gasteiger partial charge >= 0.3 is 0 Å². The van der Waals surface area contributed by atoms with Crippen LogP contribution in [0.4, 0.5) is 11.4 Å². The van der Waals surface area contributed by atoms with Crippen molar-refractivity contribution in [2.45, 2.75) is 32.1 Å². The van der Waals surface area contributed by atoms with Gasteiger partial charge in [0.2, 0.25) is 5.91 Å². The first-order chi connectivity index (χ1) is 14.0. The lowest BCUT2D eigenvalue weighted by atomic mass is 10.1. The molecule has 0 unspecified atom stereocenters. The Labute approximate surface area is 174 Å². The molecule has 2 heterocycles. The fraction of sp³-hybridized carbons (Fsp3) is 0.273. The van der Waals surface area contributed by atoms with Gasteiger partial charge in [-0.25, -0.2) is 9.89 Å². The first-order valence-corrected chi connectivity index (χ1v) is 10.5. The molecule has 2 atom stereocenters. The third kappa shape index (κ3) is 3.70. The van der Waals surface area contributed by atoms with Crippen molar-refractivity contribution < 1.29 is 9.59 Å². The summed E-state index contributed by atoms with van der Waals surface area (Å²) in [6.07, 6.45) is 0. The van der Waals surface area contributed by atoms with Gasteiger partial charge in [-0.05, 0) is 37.1 Å². The van der Waals surface area contributed by atoms with Crippen LogP contribution in [0.1, 0.15) is 26.3 Å². The van der Waals surface area contributed by atoms with E-state index in [0.29, 0.717) is 11.0 Å². The van der Waals surface area contributed by atoms with E-state index in [2.05, 4.69) is 10.3 Å². The Hall–Kier alpha value is -2.93. The molecule has 0 aromatic heterocycles. The van der Waals surface area contributed by atoms with Gasteiger partial charge in [-0.1, -0.05) is 55.9 Å². The number of amidine groups is 2. The maximum absolute atomic E-state index is 13.1. The van der Waals surface area contributed by atoms with E-state index in [9.17, 15) is 9.59 Å². The zero-order valence-electron chi connectivity index (χ0n) is 16.5. The Morgan fingerprint density at radius 1 is 1.07 bits per heavy atom. The number of hydrogen-bond acceptors (Lipinski definition) is 5. The Kier molecular flexibility index (Phi) is 5.24. The number of hydrogen-bond donors (Lipinski definition) is 1. The van der Waals surface area contributed by atoms with Crippen LogP contribution in [0.15, 0.2) is 64.6 Å². The monoisotopic (exact) mass is 406 g/mol. The Balaban J connectivity index is 1.61. The molecule has 2 aromatic carbocycles. The third-order valence-corrected chi connectivity index (χ3v) is 5.88. The number of anilines is 1. The minimum Gasteiger partial charge on any atom is -0.325 e. The highest BCUT2D eigenvalue weighted by Crippen LogP contribution is 2.35. The minimum absolute atomic E-state index is 0.0813. The molecule has 6 nitrogen and oxygen atoms in total. The van der Waals surface area contributed by atoms with Crippen molar-refractivity contribution in [2.24, 2.45) is 15.9 Å². The van der Waals surface area contributed by atoms with E-state index in [1.165, 1.54) is 11.8 Å². The largest absolute Gasteiger partial charge is 0.325 e. The van der Waals surface area contributed by atoms with Crippen molar-refractivity contribution in [1.29, 1.82) is 0 Å². The zero-order chi connectivity index (χ0) is 20.5. The first-order valence-electron chi connectivity index (χ1n) is 9.58. The van der Waals surface area contributed by atoms with E-state index < -0.39 is 11.3 Å². The highest BCUT2D eigenvalue weighted by atomic mass is 32.2. The molecule has 0 bridgehead atoms. The topological polar surface area (TPSA) is 74.1 Å². The van der Waals surface area contributed by atoms with Crippen LogP contribution in [-0.4, -0.2) is 39.0 Å². The second-order valence-electron chi connectivity index (χ2n) is 7.34. The summed E-state index contributed by atoms with van der Waals surface area (Å²) in [6, 6.07) is 16.5. The van der Waals surface area contributed by atoms with Crippen LogP contribution in [0.3, 0.4) is 0 Å². The number of benzene rings is 2. The highest BCUT2D eigenvalue weighted by Gasteiger charge is 2.43. The number of carbonyl (C=O) groups excluding carboxylic acids is 2. The molecular weight excluding hydrogens is 384 g/mol. The van der Waals surface area contributed by atoms with E-state index in [0.717, 1.165) is 16.9 Å². The molecular formula is C22H22N4O2S. The number of amides is 2. The van der Waals surface area contributed by atoms with Gasteiger partial charge in [0.05, 0.1) is 10.9 Å². The van der Waals surface area contributed by atoms with Crippen LogP contribution in [0, 0.1) is 5.92 Å². The molecule has 2 aromatic rings. The second-order valence-corrected chi connectivity index (χ2v) is 8.65. The van der Waals surface area contributed by atoms with Gasteiger partial charge in [0.25, 0.3) is 5.91 Å². The Bertz CT molecular complexity index is 1020. The predicted molar refractivity (Wildman–Crippen MR) is 118 cm³/mol. The van der Waals surface area contributed by atoms with Crippen LogP contribution in [-0.2, 0) is 9.59 Å². The molecule has 0 radical (unpaired) electrons. The molecule has 0 saturated heterocycles. The van der Waals surface area contributed by atoms with E-state index in [1.807, 2.05) is 75.4 Å². The molecule has 0 spiro atoms. The minimum atomic E-state index is -0.439. The summed E-state index contributed by atoms with van der Waals surface area (Å²) in [5, 5.41) is 2.95. The van der Waals surface area contributed by atoms with Crippen molar-refractivity contribution in [3.63, 3.8) is 0 Å². The first kappa shape index (κ1) is 19.4. The molecule has 7 heteroatoms. The number of carbonyl (C=O) groups is 2. The molecule has 0 fully saturated rings. The van der Waals surface area contributed by atoms with Crippen molar-refractivity contribution in [1.82, 2.24) is 4.90 Å². The summed E-state index contributed by atoms with van der Waals surface area (Å²) in [6.45, 7) is 5.77. The number of rotatable bonds is 4. The summed E-state index contributed by atoms with van der Waals surface area (Å²) in [4.78, 5) is 36.7. The van der Waals surface area contributed by atoms with Gasteiger partial charge in [0.15, 0.2) is 5.17 Å². The molecule has 4 rings (SSSR count). The summed E-state index contributed by atoms with van der Waals surface area (Å²) in [7, 11) is 0. The number of aliphatic imine (C=N–C) groups is 2. The highest BCUT2D eigenvalue weighted by molar-refractivity contribution is 8.15. The number of nitrogens with zero attached hydrogens (tertiary/aromatic N) is 3. The van der Waals surface area contributed by atoms with Gasteiger partial charge in [0.1, 0.15) is 11.9 Å². The quantitative estimate of drug-likeness (QED) is 0.832. The van der Waals surface area contributed by atoms with E-state index in [4.69, 9.17) is 4.99 Å². The molecule has 148 valence electrons. The van der Waals surface area contributed by atoms with E-state index in [-0.39, 0.29) is 17.7 Å². The molecule has 1 N–H and O–H groups in total. The van der Waals surface area contributed by atoms with Crippen LogP contribution >= 0.6 is 11.8 Å². The SMILES string of the molecule is CC(C)[C@@H]1N=C2c3ccccc3N=C(S[C@H](C)C(=O)Nc3ccccc3)N2C1=O. The number of para-hydroxylation sites is 2. The average molecular weight is 407 g/mol.